The van der Waals surface area contributed by atoms with Gasteiger partial charge in [-0.05, 0) is 18.6 Å². The van der Waals surface area contributed by atoms with Crippen molar-refractivity contribution in [2.75, 3.05) is 0 Å². The number of Topliss-reactive ketones (excluding diaryl/α,β-unsaturated/α-hetero) is 1. The fraction of sp³-hybridized carbons (Fsp3) is 0.300. The molecule has 0 saturated heterocycles. The van der Waals surface area contributed by atoms with Crippen molar-refractivity contribution in [2.45, 2.75) is 19.9 Å². The lowest BCUT2D eigenvalue weighted by Crippen LogP contribution is -1.94. The Morgan fingerprint density at radius 2 is 2.50 bits per heavy atom. The third-order valence-electron chi connectivity index (χ3n) is 2.15. The molecule has 0 N–H and O–H groups in total. The zero-order valence-corrected chi connectivity index (χ0v) is 7.08. The van der Waals surface area contributed by atoms with Crippen molar-refractivity contribution in [3.63, 3.8) is 0 Å². The van der Waals surface area contributed by atoms with E-state index in [2.05, 4.69) is 0 Å². The Hall–Kier alpha value is -1.31. The van der Waals surface area contributed by atoms with Gasteiger partial charge in [-0.3, -0.25) is 4.79 Å². The molecular weight excluding hydrogens is 150 g/mol. The number of ketones is 1. The maximum Gasteiger partial charge on any atom is 0.206 e. The van der Waals surface area contributed by atoms with Crippen LogP contribution in [0.5, 0.6) is 0 Å². The van der Waals surface area contributed by atoms with Crippen molar-refractivity contribution >= 4 is 5.78 Å². The highest BCUT2D eigenvalue weighted by molar-refractivity contribution is 6.09. The summed E-state index contributed by atoms with van der Waals surface area (Å²) in [6.07, 6.45) is 4.89. The van der Waals surface area contributed by atoms with Crippen molar-refractivity contribution in [1.29, 1.82) is 0 Å². The van der Waals surface area contributed by atoms with Crippen molar-refractivity contribution in [3.05, 3.63) is 35.7 Å². The SMILES string of the molecule is CCC=C1Cn2cccc2C1=O. The predicted octanol–water partition coefficient (Wildman–Crippen LogP) is 2.02. The summed E-state index contributed by atoms with van der Waals surface area (Å²) in [5.41, 5.74) is 1.77. The second-order valence-corrected chi connectivity index (χ2v) is 2.99. The van der Waals surface area contributed by atoms with Crippen LogP contribution >= 0.6 is 0 Å². The van der Waals surface area contributed by atoms with Gasteiger partial charge in [0, 0.05) is 11.8 Å². The molecule has 0 radical (unpaired) electrons. The molecule has 1 aliphatic heterocycles. The molecule has 0 aromatic carbocycles. The van der Waals surface area contributed by atoms with E-state index in [1.54, 1.807) is 0 Å². The van der Waals surface area contributed by atoms with Crippen LogP contribution < -0.4 is 0 Å². The summed E-state index contributed by atoms with van der Waals surface area (Å²) >= 11 is 0. The Bertz CT molecular complexity index is 346. The zero-order chi connectivity index (χ0) is 8.55. The van der Waals surface area contributed by atoms with Crippen molar-refractivity contribution < 1.29 is 4.79 Å². The first kappa shape index (κ1) is 7.35. The van der Waals surface area contributed by atoms with Gasteiger partial charge in [-0.15, -0.1) is 0 Å². The number of carbonyl (C=O) groups excluding carboxylic acids is 1. The summed E-state index contributed by atoms with van der Waals surface area (Å²) in [5.74, 6) is 0.196. The van der Waals surface area contributed by atoms with E-state index in [1.807, 2.05) is 35.9 Å². The van der Waals surface area contributed by atoms with E-state index in [4.69, 9.17) is 0 Å². The standard InChI is InChI=1S/C10H11NO/c1-2-4-8-7-11-6-3-5-9(11)10(8)12/h3-6H,2,7H2,1H3. The van der Waals surface area contributed by atoms with Gasteiger partial charge in [0.15, 0.2) is 0 Å². The molecule has 1 aromatic rings. The molecule has 0 amide bonds. The molecule has 0 spiro atoms. The Labute approximate surface area is 71.5 Å². The Kier molecular flexibility index (Phi) is 1.61. The van der Waals surface area contributed by atoms with E-state index in [0.29, 0.717) is 0 Å². The highest BCUT2D eigenvalue weighted by Gasteiger charge is 2.22. The van der Waals surface area contributed by atoms with E-state index in [9.17, 15) is 4.79 Å². The van der Waals surface area contributed by atoms with Crippen LogP contribution in [0.3, 0.4) is 0 Å². The number of hydrogen-bond donors (Lipinski definition) is 0. The number of rotatable bonds is 1. The average Bonchev–Trinajstić information content (AvgIpc) is 2.58. The fourth-order valence-electron chi connectivity index (χ4n) is 1.58. The highest BCUT2D eigenvalue weighted by Crippen LogP contribution is 2.20. The minimum atomic E-state index is 0.196. The maximum atomic E-state index is 11.6. The topological polar surface area (TPSA) is 22.0 Å². The van der Waals surface area contributed by atoms with Crippen LogP contribution in [0.15, 0.2) is 30.0 Å². The third kappa shape index (κ3) is 0.916. The fourth-order valence-corrected chi connectivity index (χ4v) is 1.58. The molecule has 0 fully saturated rings. The van der Waals surface area contributed by atoms with Crippen LogP contribution in [0, 0.1) is 0 Å². The second-order valence-electron chi connectivity index (χ2n) is 2.99. The first-order valence-electron chi connectivity index (χ1n) is 4.22. The van der Waals surface area contributed by atoms with E-state index >= 15 is 0 Å². The quantitative estimate of drug-likeness (QED) is 0.577. The van der Waals surface area contributed by atoms with Gasteiger partial charge in [-0.1, -0.05) is 13.0 Å². The number of aromatic nitrogens is 1. The van der Waals surface area contributed by atoms with Gasteiger partial charge in [0.1, 0.15) is 0 Å². The molecule has 2 heteroatoms. The average molecular weight is 161 g/mol. The van der Waals surface area contributed by atoms with Crippen LogP contribution in [0.2, 0.25) is 0 Å². The smallest absolute Gasteiger partial charge is 0.206 e. The molecule has 2 rings (SSSR count). The molecule has 0 aliphatic carbocycles. The van der Waals surface area contributed by atoms with E-state index in [0.717, 1.165) is 24.2 Å². The lowest BCUT2D eigenvalue weighted by atomic mass is 10.1. The van der Waals surface area contributed by atoms with E-state index < -0.39 is 0 Å². The number of carbonyl (C=O) groups is 1. The molecule has 0 bridgehead atoms. The molecule has 0 saturated carbocycles. The van der Waals surface area contributed by atoms with Crippen LogP contribution in [0.25, 0.3) is 0 Å². The van der Waals surface area contributed by atoms with Crippen molar-refractivity contribution in [3.8, 4) is 0 Å². The monoisotopic (exact) mass is 161 g/mol. The van der Waals surface area contributed by atoms with Crippen LogP contribution in [0.4, 0.5) is 0 Å². The zero-order valence-electron chi connectivity index (χ0n) is 7.08. The normalized spacial score (nSPS) is 18.8. The summed E-state index contributed by atoms with van der Waals surface area (Å²) in [7, 11) is 0. The molecule has 1 aromatic heterocycles. The highest BCUT2D eigenvalue weighted by atomic mass is 16.1. The van der Waals surface area contributed by atoms with Gasteiger partial charge in [0.25, 0.3) is 0 Å². The van der Waals surface area contributed by atoms with E-state index in [1.165, 1.54) is 0 Å². The number of allylic oxidation sites excluding steroid dienone is 2. The van der Waals surface area contributed by atoms with Gasteiger partial charge in [0.2, 0.25) is 5.78 Å². The first-order chi connectivity index (χ1) is 5.83. The maximum absolute atomic E-state index is 11.6. The molecule has 1 aliphatic rings. The van der Waals surface area contributed by atoms with Gasteiger partial charge < -0.3 is 4.57 Å². The van der Waals surface area contributed by atoms with Gasteiger partial charge in [-0.2, -0.15) is 0 Å². The lowest BCUT2D eigenvalue weighted by Gasteiger charge is -1.92. The number of hydrogen-bond acceptors (Lipinski definition) is 1. The Morgan fingerprint density at radius 1 is 1.67 bits per heavy atom. The largest absolute Gasteiger partial charge is 0.340 e. The molecular formula is C10H11NO. The molecule has 2 heterocycles. The van der Waals surface area contributed by atoms with Crippen LogP contribution in [-0.2, 0) is 6.54 Å². The minimum Gasteiger partial charge on any atom is -0.340 e. The number of fused-ring (bicyclic) bond motifs is 1. The van der Waals surface area contributed by atoms with Crippen molar-refractivity contribution in [2.24, 2.45) is 0 Å². The second kappa shape index (κ2) is 2.63. The molecule has 2 nitrogen and oxygen atoms in total. The number of nitrogens with zero attached hydrogens (tertiary/aromatic N) is 1. The summed E-state index contributed by atoms with van der Waals surface area (Å²) in [6, 6.07) is 3.79. The summed E-state index contributed by atoms with van der Waals surface area (Å²) in [4.78, 5) is 11.6. The third-order valence-corrected chi connectivity index (χ3v) is 2.15. The first-order valence-corrected chi connectivity index (χ1v) is 4.22. The minimum absolute atomic E-state index is 0.196. The van der Waals surface area contributed by atoms with Gasteiger partial charge in [-0.25, -0.2) is 0 Å². The lowest BCUT2D eigenvalue weighted by molar-refractivity contribution is 0.103. The Morgan fingerprint density at radius 3 is 3.17 bits per heavy atom. The van der Waals surface area contributed by atoms with Gasteiger partial charge >= 0.3 is 0 Å². The molecule has 0 unspecified atom stereocenters. The molecule has 62 valence electrons. The van der Waals surface area contributed by atoms with Gasteiger partial charge in [0.05, 0.1) is 12.2 Å². The molecule has 12 heavy (non-hydrogen) atoms. The van der Waals surface area contributed by atoms with Crippen LogP contribution in [0.1, 0.15) is 23.8 Å². The summed E-state index contributed by atoms with van der Waals surface area (Å²) < 4.78 is 1.99. The Balaban J connectivity index is 2.39. The summed E-state index contributed by atoms with van der Waals surface area (Å²) in [5, 5.41) is 0. The van der Waals surface area contributed by atoms with E-state index in [-0.39, 0.29) is 5.78 Å². The predicted molar refractivity (Wildman–Crippen MR) is 47.1 cm³/mol. The summed E-state index contributed by atoms with van der Waals surface area (Å²) in [6.45, 7) is 2.81. The molecule has 0 atom stereocenters. The van der Waals surface area contributed by atoms with Crippen molar-refractivity contribution in [1.82, 2.24) is 4.57 Å². The van der Waals surface area contributed by atoms with Crippen LogP contribution in [-0.4, -0.2) is 10.4 Å².